The molecule has 2 aliphatic rings. The molecule has 1 aromatic rings. The van der Waals surface area contributed by atoms with Gasteiger partial charge in [-0.3, -0.25) is 4.79 Å². The third-order valence-electron chi connectivity index (χ3n) is 5.31. The van der Waals surface area contributed by atoms with Gasteiger partial charge in [0.2, 0.25) is 17.7 Å². The number of halogens is 1. The highest BCUT2D eigenvalue weighted by atomic mass is 19.1. The highest BCUT2D eigenvalue weighted by Gasteiger charge is 2.37. The standard InChI is InChI=1S/C19H29FN4O3/c1-3-10-27-16-7-6-13(18(25)24-8-4-5-9-24)11-15(16)22-19-21-12-14(20)17(23-19)26-2/h12-13,15-16H,3-11H2,1-2H3,(H,21,22,23)/t13-,15+,16+/m0/s1. The van der Waals surface area contributed by atoms with E-state index in [9.17, 15) is 9.18 Å². The summed E-state index contributed by atoms with van der Waals surface area (Å²) in [6.45, 7) is 4.46. The lowest BCUT2D eigenvalue weighted by atomic mass is 9.82. The van der Waals surface area contributed by atoms with Crippen LogP contribution in [0.1, 0.15) is 45.4 Å². The van der Waals surface area contributed by atoms with Crippen molar-refractivity contribution < 1.29 is 18.7 Å². The van der Waals surface area contributed by atoms with Crippen molar-refractivity contribution in [3.05, 3.63) is 12.0 Å². The number of aromatic nitrogens is 2. The first-order valence-electron chi connectivity index (χ1n) is 9.85. The predicted molar refractivity (Wildman–Crippen MR) is 99.1 cm³/mol. The molecule has 1 amide bonds. The first-order chi connectivity index (χ1) is 13.1. The van der Waals surface area contributed by atoms with Crippen molar-refractivity contribution in [2.24, 2.45) is 5.92 Å². The molecule has 1 saturated carbocycles. The Labute approximate surface area is 159 Å². The highest BCUT2D eigenvalue weighted by molar-refractivity contribution is 5.79. The summed E-state index contributed by atoms with van der Waals surface area (Å²) in [6.07, 6.45) is 6.47. The van der Waals surface area contributed by atoms with Crippen molar-refractivity contribution in [3.63, 3.8) is 0 Å². The number of hydrogen-bond donors (Lipinski definition) is 1. The van der Waals surface area contributed by atoms with E-state index in [1.54, 1.807) is 0 Å². The van der Waals surface area contributed by atoms with Crippen molar-refractivity contribution >= 4 is 11.9 Å². The van der Waals surface area contributed by atoms with Gasteiger partial charge in [0.1, 0.15) is 0 Å². The molecular formula is C19H29FN4O3. The molecule has 2 heterocycles. The Hall–Kier alpha value is -1.96. The Bertz CT molecular complexity index is 639. The molecule has 27 heavy (non-hydrogen) atoms. The van der Waals surface area contributed by atoms with Gasteiger partial charge in [-0.1, -0.05) is 6.92 Å². The summed E-state index contributed by atoms with van der Waals surface area (Å²) in [4.78, 5) is 22.9. The Morgan fingerprint density at radius 3 is 2.85 bits per heavy atom. The molecule has 0 bridgehead atoms. The van der Waals surface area contributed by atoms with E-state index in [2.05, 4.69) is 22.2 Å². The number of amides is 1. The Balaban J connectivity index is 1.71. The second-order valence-electron chi connectivity index (χ2n) is 7.25. The Kier molecular flexibility index (Phi) is 6.82. The first kappa shape index (κ1) is 19.8. The lowest BCUT2D eigenvalue weighted by Crippen LogP contribution is -2.46. The lowest BCUT2D eigenvalue weighted by Gasteiger charge is -2.37. The number of ether oxygens (including phenoxy) is 2. The normalized spacial score (nSPS) is 25.4. The third-order valence-corrected chi connectivity index (χ3v) is 5.31. The Morgan fingerprint density at radius 2 is 2.15 bits per heavy atom. The van der Waals surface area contributed by atoms with Gasteiger partial charge < -0.3 is 19.7 Å². The molecular weight excluding hydrogens is 351 g/mol. The summed E-state index contributed by atoms with van der Waals surface area (Å²) in [5, 5.41) is 3.25. The molecule has 7 nitrogen and oxygen atoms in total. The van der Waals surface area contributed by atoms with Crippen molar-refractivity contribution in [2.75, 3.05) is 32.1 Å². The maximum atomic E-state index is 13.6. The average Bonchev–Trinajstić information content (AvgIpc) is 3.22. The number of likely N-dealkylation sites (tertiary alicyclic amines) is 1. The summed E-state index contributed by atoms with van der Waals surface area (Å²) in [5.41, 5.74) is 0. The minimum Gasteiger partial charge on any atom is -0.479 e. The fraction of sp³-hybridized carbons (Fsp3) is 0.737. The molecule has 0 aromatic carbocycles. The molecule has 3 atom stereocenters. The smallest absolute Gasteiger partial charge is 0.255 e. The van der Waals surface area contributed by atoms with E-state index in [4.69, 9.17) is 9.47 Å². The van der Waals surface area contributed by atoms with Crippen LogP contribution in [0.4, 0.5) is 10.3 Å². The highest BCUT2D eigenvalue weighted by Crippen LogP contribution is 2.31. The molecule has 1 aliphatic heterocycles. The number of carbonyl (C=O) groups excluding carboxylic acids is 1. The molecule has 0 radical (unpaired) electrons. The van der Waals surface area contributed by atoms with Crippen LogP contribution >= 0.6 is 0 Å². The molecule has 0 unspecified atom stereocenters. The van der Waals surface area contributed by atoms with Crippen molar-refractivity contribution in [1.82, 2.24) is 14.9 Å². The number of hydrogen-bond acceptors (Lipinski definition) is 6. The van der Waals surface area contributed by atoms with Gasteiger partial charge in [0.25, 0.3) is 5.88 Å². The second-order valence-corrected chi connectivity index (χ2v) is 7.25. The maximum Gasteiger partial charge on any atom is 0.255 e. The number of nitrogens with one attached hydrogen (secondary N) is 1. The molecule has 1 saturated heterocycles. The molecule has 1 aliphatic carbocycles. The van der Waals surface area contributed by atoms with Crippen LogP contribution in [0.25, 0.3) is 0 Å². The lowest BCUT2D eigenvalue weighted by molar-refractivity contribution is -0.136. The number of methoxy groups -OCH3 is 1. The minimum absolute atomic E-state index is 0.0211. The van der Waals surface area contributed by atoms with Gasteiger partial charge in [0.05, 0.1) is 25.5 Å². The van der Waals surface area contributed by atoms with E-state index in [0.717, 1.165) is 51.4 Å². The van der Waals surface area contributed by atoms with Crippen LogP contribution in [-0.2, 0) is 9.53 Å². The van der Waals surface area contributed by atoms with Crippen molar-refractivity contribution in [3.8, 4) is 5.88 Å². The van der Waals surface area contributed by atoms with Gasteiger partial charge in [-0.15, -0.1) is 0 Å². The van der Waals surface area contributed by atoms with Crippen molar-refractivity contribution in [1.29, 1.82) is 0 Å². The van der Waals surface area contributed by atoms with Gasteiger partial charge in [0, 0.05) is 25.6 Å². The average molecular weight is 380 g/mol. The molecule has 1 aromatic heterocycles. The zero-order chi connectivity index (χ0) is 19.2. The van der Waals surface area contributed by atoms with Gasteiger partial charge in [-0.2, -0.15) is 9.37 Å². The van der Waals surface area contributed by atoms with E-state index >= 15 is 0 Å². The number of carbonyl (C=O) groups is 1. The topological polar surface area (TPSA) is 76.6 Å². The molecule has 8 heteroatoms. The molecule has 3 rings (SSSR count). The molecule has 0 spiro atoms. The monoisotopic (exact) mass is 380 g/mol. The van der Waals surface area contributed by atoms with Crippen LogP contribution in [0, 0.1) is 11.7 Å². The van der Waals surface area contributed by atoms with Gasteiger partial charge >= 0.3 is 0 Å². The van der Waals surface area contributed by atoms with Crippen LogP contribution < -0.4 is 10.1 Å². The summed E-state index contributed by atoms with van der Waals surface area (Å²) < 4.78 is 24.5. The van der Waals surface area contributed by atoms with E-state index in [1.807, 2.05) is 4.90 Å². The maximum absolute atomic E-state index is 13.6. The van der Waals surface area contributed by atoms with Crippen LogP contribution in [0.5, 0.6) is 5.88 Å². The van der Waals surface area contributed by atoms with Crippen LogP contribution in [0.3, 0.4) is 0 Å². The van der Waals surface area contributed by atoms with Crippen LogP contribution in [0.2, 0.25) is 0 Å². The zero-order valence-electron chi connectivity index (χ0n) is 16.1. The largest absolute Gasteiger partial charge is 0.479 e. The number of anilines is 1. The molecule has 150 valence electrons. The predicted octanol–water partition coefficient (Wildman–Crippen LogP) is 2.62. The van der Waals surface area contributed by atoms with Gasteiger partial charge in [-0.05, 0) is 38.5 Å². The molecule has 2 fully saturated rings. The SMILES string of the molecule is CCCO[C@@H]1CC[C@H](C(=O)N2CCCC2)C[C@H]1Nc1ncc(F)c(OC)n1. The van der Waals surface area contributed by atoms with E-state index in [-0.39, 0.29) is 35.8 Å². The summed E-state index contributed by atoms with van der Waals surface area (Å²) in [7, 11) is 1.37. The zero-order valence-corrected chi connectivity index (χ0v) is 16.1. The summed E-state index contributed by atoms with van der Waals surface area (Å²) >= 11 is 0. The first-order valence-corrected chi connectivity index (χ1v) is 9.85. The summed E-state index contributed by atoms with van der Waals surface area (Å²) in [5.74, 6) is -0.195. The quantitative estimate of drug-likeness (QED) is 0.784. The van der Waals surface area contributed by atoms with E-state index in [0.29, 0.717) is 13.0 Å². The fourth-order valence-electron chi connectivity index (χ4n) is 3.91. The van der Waals surface area contributed by atoms with Gasteiger partial charge in [0.15, 0.2) is 0 Å². The Morgan fingerprint density at radius 1 is 1.37 bits per heavy atom. The van der Waals surface area contributed by atoms with Crippen LogP contribution in [0.15, 0.2) is 6.20 Å². The van der Waals surface area contributed by atoms with E-state index < -0.39 is 5.82 Å². The minimum atomic E-state index is -0.604. The third kappa shape index (κ3) is 4.86. The summed E-state index contributed by atoms with van der Waals surface area (Å²) in [6, 6.07) is -0.1000. The van der Waals surface area contributed by atoms with Crippen molar-refractivity contribution in [2.45, 2.75) is 57.6 Å². The molecule has 1 N–H and O–H groups in total. The van der Waals surface area contributed by atoms with E-state index in [1.165, 1.54) is 7.11 Å². The van der Waals surface area contributed by atoms with Crippen LogP contribution in [-0.4, -0.2) is 59.7 Å². The fourth-order valence-corrected chi connectivity index (χ4v) is 3.91. The second kappa shape index (κ2) is 9.30. The van der Waals surface area contributed by atoms with Gasteiger partial charge in [-0.25, -0.2) is 4.98 Å². The number of rotatable bonds is 7. The number of nitrogens with zero attached hydrogens (tertiary/aromatic N) is 3.